The Morgan fingerprint density at radius 2 is 1.78 bits per heavy atom. The highest BCUT2D eigenvalue weighted by molar-refractivity contribution is 6.39. The first kappa shape index (κ1) is 14.0. The molecule has 4 rings (SSSR count). The highest BCUT2D eigenvalue weighted by Crippen LogP contribution is 2.52. The first-order valence-corrected chi connectivity index (χ1v) is 7.45. The molecule has 23 heavy (non-hydrogen) atoms. The number of phenolic OH excluding ortho intramolecular Hbond substituents is 2. The van der Waals surface area contributed by atoms with Crippen LogP contribution in [0, 0.1) is 0 Å². The smallest absolute Gasteiger partial charge is 0.171 e. The number of fused-ring (bicyclic) bond motifs is 4. The molecule has 0 spiro atoms. The maximum Gasteiger partial charge on any atom is 0.171 e. The van der Waals surface area contributed by atoms with Gasteiger partial charge in [0.1, 0.15) is 18.1 Å². The van der Waals surface area contributed by atoms with Gasteiger partial charge in [-0.25, -0.2) is 0 Å². The van der Waals surface area contributed by atoms with Gasteiger partial charge >= 0.3 is 0 Å². The Morgan fingerprint density at radius 1 is 1.04 bits per heavy atom. The van der Waals surface area contributed by atoms with Gasteiger partial charge in [0.25, 0.3) is 0 Å². The number of hydrogen-bond donors (Lipinski definition) is 2. The van der Waals surface area contributed by atoms with Crippen molar-refractivity contribution in [2.45, 2.75) is 6.61 Å². The molecule has 116 valence electrons. The van der Waals surface area contributed by atoms with Gasteiger partial charge in [0.2, 0.25) is 0 Å². The molecule has 1 aliphatic heterocycles. The first-order chi connectivity index (χ1) is 11.1. The van der Waals surface area contributed by atoms with Gasteiger partial charge in [-0.15, -0.1) is 0 Å². The van der Waals surface area contributed by atoms with Crippen LogP contribution in [0.5, 0.6) is 23.0 Å². The van der Waals surface area contributed by atoms with Gasteiger partial charge in [-0.05, 0) is 35.9 Å². The second kappa shape index (κ2) is 4.96. The van der Waals surface area contributed by atoms with Crippen molar-refractivity contribution in [3.05, 3.63) is 47.0 Å². The second-order valence-electron chi connectivity index (χ2n) is 5.41. The lowest BCUT2D eigenvalue weighted by atomic mass is 9.93. The molecule has 1 aliphatic rings. The molecule has 3 aromatic carbocycles. The average molecular weight is 329 g/mol. The van der Waals surface area contributed by atoms with Crippen LogP contribution in [0.3, 0.4) is 0 Å². The number of benzene rings is 3. The standard InChI is InChI=1S/C18H13ClO4/c1-22-17-14-7-11(21)3-5-13(14)16(19)15-12-4-2-10(20)6-9(12)8-23-18(15)17/h2-7,20-21H,8H2,1H3. The summed E-state index contributed by atoms with van der Waals surface area (Å²) < 4.78 is 11.4. The van der Waals surface area contributed by atoms with Crippen molar-refractivity contribution in [2.24, 2.45) is 0 Å². The summed E-state index contributed by atoms with van der Waals surface area (Å²) >= 11 is 6.63. The van der Waals surface area contributed by atoms with E-state index in [0.717, 1.165) is 22.1 Å². The molecule has 0 radical (unpaired) electrons. The van der Waals surface area contributed by atoms with Gasteiger partial charge in [0.05, 0.1) is 12.1 Å². The fourth-order valence-electron chi connectivity index (χ4n) is 3.06. The largest absolute Gasteiger partial charge is 0.508 e. The Balaban J connectivity index is 2.14. The van der Waals surface area contributed by atoms with Crippen LogP contribution in [-0.2, 0) is 6.61 Å². The third-order valence-electron chi connectivity index (χ3n) is 4.07. The number of ether oxygens (including phenoxy) is 2. The lowest BCUT2D eigenvalue weighted by Gasteiger charge is -2.25. The zero-order valence-electron chi connectivity index (χ0n) is 12.3. The number of halogens is 1. The Hall–Kier alpha value is -2.59. The number of aromatic hydroxyl groups is 2. The van der Waals surface area contributed by atoms with E-state index in [4.69, 9.17) is 21.1 Å². The maximum absolute atomic E-state index is 9.77. The molecule has 4 nitrogen and oxygen atoms in total. The van der Waals surface area contributed by atoms with Crippen LogP contribution in [0.4, 0.5) is 0 Å². The minimum Gasteiger partial charge on any atom is -0.508 e. The molecular weight excluding hydrogens is 316 g/mol. The van der Waals surface area contributed by atoms with Gasteiger partial charge in [0.15, 0.2) is 11.5 Å². The number of methoxy groups -OCH3 is 1. The molecule has 0 bridgehead atoms. The van der Waals surface area contributed by atoms with Crippen molar-refractivity contribution in [3.63, 3.8) is 0 Å². The lowest BCUT2D eigenvalue weighted by Crippen LogP contribution is -2.07. The molecule has 0 saturated carbocycles. The average Bonchev–Trinajstić information content (AvgIpc) is 2.54. The van der Waals surface area contributed by atoms with Gasteiger partial charge in [-0.3, -0.25) is 0 Å². The molecule has 0 fully saturated rings. The van der Waals surface area contributed by atoms with E-state index in [1.54, 1.807) is 37.4 Å². The van der Waals surface area contributed by atoms with E-state index in [0.29, 0.717) is 28.5 Å². The van der Waals surface area contributed by atoms with Crippen LogP contribution in [0.2, 0.25) is 5.02 Å². The summed E-state index contributed by atoms with van der Waals surface area (Å²) in [5, 5.41) is 21.4. The minimum atomic E-state index is 0.132. The normalized spacial score (nSPS) is 12.4. The van der Waals surface area contributed by atoms with E-state index in [9.17, 15) is 10.2 Å². The summed E-state index contributed by atoms with van der Waals surface area (Å²) in [4.78, 5) is 0. The monoisotopic (exact) mass is 328 g/mol. The molecule has 0 aromatic heterocycles. The van der Waals surface area contributed by atoms with Gasteiger partial charge < -0.3 is 19.7 Å². The number of phenols is 2. The van der Waals surface area contributed by atoms with E-state index < -0.39 is 0 Å². The molecule has 0 unspecified atom stereocenters. The number of hydrogen-bond acceptors (Lipinski definition) is 4. The summed E-state index contributed by atoms with van der Waals surface area (Å²) in [5.74, 6) is 1.40. The highest BCUT2D eigenvalue weighted by Gasteiger charge is 2.27. The number of rotatable bonds is 1. The van der Waals surface area contributed by atoms with E-state index in [1.165, 1.54) is 0 Å². The minimum absolute atomic E-state index is 0.132. The summed E-state index contributed by atoms with van der Waals surface area (Å²) in [5.41, 5.74) is 2.50. The first-order valence-electron chi connectivity index (χ1n) is 7.07. The van der Waals surface area contributed by atoms with E-state index in [-0.39, 0.29) is 11.5 Å². The van der Waals surface area contributed by atoms with Crippen LogP contribution >= 0.6 is 11.6 Å². The van der Waals surface area contributed by atoms with Gasteiger partial charge in [0, 0.05) is 21.9 Å². The molecule has 2 N–H and O–H groups in total. The summed E-state index contributed by atoms with van der Waals surface area (Å²) in [6.45, 7) is 0.313. The van der Waals surface area contributed by atoms with Gasteiger partial charge in [-0.2, -0.15) is 0 Å². The van der Waals surface area contributed by atoms with Crippen molar-refractivity contribution >= 4 is 22.4 Å². The zero-order chi connectivity index (χ0) is 16.1. The molecular formula is C18H13ClO4. The Morgan fingerprint density at radius 3 is 2.57 bits per heavy atom. The van der Waals surface area contributed by atoms with Crippen LogP contribution in [0.25, 0.3) is 21.9 Å². The van der Waals surface area contributed by atoms with Crippen molar-refractivity contribution in [2.75, 3.05) is 7.11 Å². The molecule has 1 heterocycles. The maximum atomic E-state index is 9.77. The van der Waals surface area contributed by atoms with E-state index >= 15 is 0 Å². The highest BCUT2D eigenvalue weighted by atomic mass is 35.5. The zero-order valence-corrected chi connectivity index (χ0v) is 13.0. The topological polar surface area (TPSA) is 58.9 Å². The van der Waals surface area contributed by atoms with Gasteiger partial charge in [-0.1, -0.05) is 17.7 Å². The Bertz CT molecular complexity index is 950. The fraction of sp³-hybridized carbons (Fsp3) is 0.111. The van der Waals surface area contributed by atoms with E-state index in [2.05, 4.69) is 0 Å². The molecule has 5 heteroatoms. The predicted octanol–water partition coefficient (Wildman–Crippen LogP) is 4.47. The van der Waals surface area contributed by atoms with Crippen molar-refractivity contribution in [1.82, 2.24) is 0 Å². The lowest BCUT2D eigenvalue weighted by molar-refractivity contribution is 0.282. The molecule has 0 atom stereocenters. The predicted molar refractivity (Wildman–Crippen MR) is 88.6 cm³/mol. The summed E-state index contributed by atoms with van der Waals surface area (Å²) in [6.07, 6.45) is 0. The molecule has 0 saturated heterocycles. The van der Waals surface area contributed by atoms with Crippen molar-refractivity contribution in [1.29, 1.82) is 0 Å². The second-order valence-corrected chi connectivity index (χ2v) is 5.79. The Labute approximate surface area is 137 Å². The third kappa shape index (κ3) is 1.99. The molecule has 3 aromatic rings. The Kier molecular flexibility index (Phi) is 3.03. The quantitative estimate of drug-likeness (QED) is 0.692. The van der Waals surface area contributed by atoms with Crippen LogP contribution in [0.15, 0.2) is 36.4 Å². The summed E-state index contributed by atoms with van der Waals surface area (Å²) in [7, 11) is 1.56. The van der Waals surface area contributed by atoms with Crippen LogP contribution in [0.1, 0.15) is 5.56 Å². The SMILES string of the molecule is COc1c2c(c(Cl)c3ccc(O)cc13)-c1ccc(O)cc1CO2. The fourth-order valence-corrected chi connectivity index (χ4v) is 3.41. The van der Waals surface area contributed by atoms with Crippen molar-refractivity contribution < 1.29 is 19.7 Å². The van der Waals surface area contributed by atoms with Crippen LogP contribution < -0.4 is 9.47 Å². The molecule has 0 aliphatic carbocycles. The third-order valence-corrected chi connectivity index (χ3v) is 4.46. The molecule has 0 amide bonds. The van der Waals surface area contributed by atoms with E-state index in [1.807, 2.05) is 6.07 Å². The summed E-state index contributed by atoms with van der Waals surface area (Å²) in [6, 6.07) is 10.1. The van der Waals surface area contributed by atoms with Crippen LogP contribution in [-0.4, -0.2) is 17.3 Å². The van der Waals surface area contributed by atoms with Crippen molar-refractivity contribution in [3.8, 4) is 34.1 Å².